The average Bonchev–Trinajstić information content (AvgIpc) is 2.38. The molecule has 2 unspecified atom stereocenters. The second-order valence-electron chi connectivity index (χ2n) is 4.77. The van der Waals surface area contributed by atoms with Crippen molar-refractivity contribution in [2.75, 3.05) is 13.2 Å². The van der Waals surface area contributed by atoms with Crippen molar-refractivity contribution < 1.29 is 9.47 Å². The number of benzene rings is 1. The molecule has 2 atom stereocenters. The Morgan fingerprint density at radius 1 is 1.50 bits per heavy atom. The second kappa shape index (κ2) is 6.41. The molecule has 0 saturated carbocycles. The van der Waals surface area contributed by atoms with Crippen molar-refractivity contribution >= 4 is 11.6 Å². The summed E-state index contributed by atoms with van der Waals surface area (Å²) in [6.45, 7) is 3.35. The van der Waals surface area contributed by atoms with Gasteiger partial charge in [0.2, 0.25) is 0 Å². The highest BCUT2D eigenvalue weighted by molar-refractivity contribution is 6.30. The third-order valence-electron chi connectivity index (χ3n) is 3.16. The summed E-state index contributed by atoms with van der Waals surface area (Å²) in [5.41, 5.74) is 6.87. The Morgan fingerprint density at radius 2 is 2.33 bits per heavy atom. The van der Waals surface area contributed by atoms with E-state index in [9.17, 15) is 0 Å². The lowest BCUT2D eigenvalue weighted by Gasteiger charge is -2.23. The van der Waals surface area contributed by atoms with E-state index in [1.54, 1.807) is 0 Å². The van der Waals surface area contributed by atoms with Crippen LogP contribution in [0.1, 0.15) is 37.8 Å². The lowest BCUT2D eigenvalue weighted by Crippen LogP contribution is -2.26. The van der Waals surface area contributed by atoms with E-state index in [2.05, 4.69) is 0 Å². The van der Waals surface area contributed by atoms with Crippen molar-refractivity contribution in [3.05, 3.63) is 28.8 Å². The molecule has 1 aliphatic rings. The van der Waals surface area contributed by atoms with Crippen LogP contribution in [0.15, 0.2) is 18.2 Å². The number of rotatable bonds is 4. The number of hydrogen-bond acceptors (Lipinski definition) is 3. The Labute approximate surface area is 113 Å². The van der Waals surface area contributed by atoms with Crippen molar-refractivity contribution in [1.82, 2.24) is 0 Å². The van der Waals surface area contributed by atoms with Crippen molar-refractivity contribution in [1.29, 1.82) is 0 Å². The Morgan fingerprint density at radius 3 is 3.00 bits per heavy atom. The highest BCUT2D eigenvalue weighted by atomic mass is 35.5. The van der Waals surface area contributed by atoms with Crippen LogP contribution in [0.5, 0.6) is 5.75 Å². The summed E-state index contributed by atoms with van der Waals surface area (Å²) in [6.07, 6.45) is 3.65. The molecule has 0 radical (unpaired) electrons. The van der Waals surface area contributed by atoms with Crippen LogP contribution < -0.4 is 10.5 Å². The second-order valence-corrected chi connectivity index (χ2v) is 5.21. The van der Waals surface area contributed by atoms with Gasteiger partial charge in [-0.15, -0.1) is 0 Å². The highest BCUT2D eigenvalue weighted by Gasteiger charge is 2.16. The molecule has 2 N–H and O–H groups in total. The fourth-order valence-corrected chi connectivity index (χ4v) is 2.31. The van der Waals surface area contributed by atoms with E-state index < -0.39 is 0 Å². The number of nitrogens with two attached hydrogens (primary N) is 1. The minimum atomic E-state index is -0.0917. The lowest BCUT2D eigenvalue weighted by molar-refractivity contribution is -0.0112. The smallest absolute Gasteiger partial charge is 0.124 e. The van der Waals surface area contributed by atoms with Gasteiger partial charge in [0, 0.05) is 23.2 Å². The lowest BCUT2D eigenvalue weighted by atomic mass is 10.1. The molecule has 1 aromatic carbocycles. The Hall–Kier alpha value is -0.770. The highest BCUT2D eigenvalue weighted by Crippen LogP contribution is 2.27. The van der Waals surface area contributed by atoms with Crippen molar-refractivity contribution in [3.8, 4) is 5.75 Å². The van der Waals surface area contributed by atoms with E-state index in [1.165, 1.54) is 6.42 Å². The van der Waals surface area contributed by atoms with Crippen LogP contribution in [0, 0.1) is 0 Å². The van der Waals surface area contributed by atoms with E-state index >= 15 is 0 Å². The summed E-state index contributed by atoms with van der Waals surface area (Å²) in [7, 11) is 0. The minimum Gasteiger partial charge on any atom is -0.491 e. The molecule has 1 saturated heterocycles. The van der Waals surface area contributed by atoms with Crippen LogP contribution in [-0.4, -0.2) is 19.3 Å². The fraction of sp³-hybridized carbons (Fsp3) is 0.571. The van der Waals surface area contributed by atoms with Crippen LogP contribution in [0.4, 0.5) is 0 Å². The molecule has 2 rings (SSSR count). The SMILES string of the molecule is CC(N)c1cc(Cl)ccc1OCC1CCCCO1. The molecule has 0 amide bonds. The van der Waals surface area contributed by atoms with E-state index in [-0.39, 0.29) is 12.1 Å². The predicted octanol–water partition coefficient (Wildman–Crippen LogP) is 3.31. The summed E-state index contributed by atoms with van der Waals surface area (Å²) < 4.78 is 11.5. The third-order valence-corrected chi connectivity index (χ3v) is 3.40. The van der Waals surface area contributed by atoms with E-state index in [4.69, 9.17) is 26.8 Å². The van der Waals surface area contributed by atoms with E-state index in [0.717, 1.165) is 30.8 Å². The topological polar surface area (TPSA) is 44.5 Å². The molecule has 1 aliphatic heterocycles. The monoisotopic (exact) mass is 269 g/mol. The van der Waals surface area contributed by atoms with Crippen molar-refractivity contribution in [3.63, 3.8) is 0 Å². The molecule has 18 heavy (non-hydrogen) atoms. The molecule has 0 aliphatic carbocycles. The zero-order valence-corrected chi connectivity index (χ0v) is 11.5. The number of ether oxygens (including phenoxy) is 2. The average molecular weight is 270 g/mol. The molecular weight excluding hydrogens is 250 g/mol. The normalized spacial score (nSPS) is 21.6. The summed E-state index contributed by atoms with van der Waals surface area (Å²) >= 11 is 5.97. The molecular formula is C14H20ClNO2. The zero-order valence-electron chi connectivity index (χ0n) is 10.7. The van der Waals surface area contributed by atoms with Crippen LogP contribution in [0.25, 0.3) is 0 Å². The molecule has 0 bridgehead atoms. The summed E-state index contributed by atoms with van der Waals surface area (Å²) in [6, 6.07) is 5.48. The van der Waals surface area contributed by atoms with Gasteiger partial charge < -0.3 is 15.2 Å². The summed E-state index contributed by atoms with van der Waals surface area (Å²) in [5.74, 6) is 0.809. The molecule has 0 aromatic heterocycles. The van der Waals surface area contributed by atoms with Gasteiger partial charge in [-0.2, -0.15) is 0 Å². The fourth-order valence-electron chi connectivity index (χ4n) is 2.13. The van der Waals surface area contributed by atoms with Crippen LogP contribution in [0.3, 0.4) is 0 Å². The molecule has 0 spiro atoms. The van der Waals surface area contributed by atoms with E-state index in [1.807, 2.05) is 25.1 Å². The third kappa shape index (κ3) is 3.61. The van der Waals surface area contributed by atoms with E-state index in [0.29, 0.717) is 11.6 Å². The van der Waals surface area contributed by atoms with Crippen molar-refractivity contribution in [2.45, 2.75) is 38.3 Å². The van der Waals surface area contributed by atoms with Crippen molar-refractivity contribution in [2.24, 2.45) is 5.73 Å². The van der Waals surface area contributed by atoms with Gasteiger partial charge in [0.1, 0.15) is 12.4 Å². The maximum atomic E-state index is 5.97. The largest absolute Gasteiger partial charge is 0.491 e. The standard InChI is InChI=1S/C14H20ClNO2/c1-10(16)13-8-11(15)5-6-14(13)18-9-12-4-2-3-7-17-12/h5-6,8,10,12H,2-4,7,9,16H2,1H3. The van der Waals surface area contributed by atoms with Gasteiger partial charge in [-0.3, -0.25) is 0 Å². The summed E-state index contributed by atoms with van der Waals surface area (Å²) in [5, 5.41) is 0.684. The number of hydrogen-bond donors (Lipinski definition) is 1. The van der Waals surface area contributed by atoms with Gasteiger partial charge in [-0.25, -0.2) is 0 Å². The maximum Gasteiger partial charge on any atom is 0.124 e. The Kier molecular flexibility index (Phi) is 4.87. The van der Waals surface area contributed by atoms with Gasteiger partial charge in [-0.05, 0) is 44.4 Å². The van der Waals surface area contributed by atoms with Crippen LogP contribution in [0.2, 0.25) is 5.02 Å². The first-order valence-corrected chi connectivity index (χ1v) is 6.84. The molecule has 3 nitrogen and oxygen atoms in total. The van der Waals surface area contributed by atoms with Crippen LogP contribution >= 0.6 is 11.6 Å². The molecule has 4 heteroatoms. The van der Waals surface area contributed by atoms with Gasteiger partial charge >= 0.3 is 0 Å². The first kappa shape index (κ1) is 13.7. The van der Waals surface area contributed by atoms with Gasteiger partial charge in [0.15, 0.2) is 0 Å². The molecule has 1 heterocycles. The molecule has 100 valence electrons. The van der Waals surface area contributed by atoms with Gasteiger partial charge in [0.25, 0.3) is 0 Å². The molecule has 1 fully saturated rings. The summed E-state index contributed by atoms with van der Waals surface area (Å²) in [4.78, 5) is 0. The minimum absolute atomic E-state index is 0.0917. The maximum absolute atomic E-state index is 5.97. The Bertz CT molecular complexity index is 389. The first-order chi connectivity index (χ1) is 8.66. The quantitative estimate of drug-likeness (QED) is 0.912. The Balaban J connectivity index is 1.99. The zero-order chi connectivity index (χ0) is 13.0. The predicted molar refractivity (Wildman–Crippen MR) is 73.1 cm³/mol. The van der Waals surface area contributed by atoms with Crippen LogP contribution in [-0.2, 0) is 4.74 Å². The number of halogens is 1. The van der Waals surface area contributed by atoms with Gasteiger partial charge in [-0.1, -0.05) is 11.6 Å². The first-order valence-electron chi connectivity index (χ1n) is 6.46. The van der Waals surface area contributed by atoms with Gasteiger partial charge in [0.05, 0.1) is 6.10 Å². The molecule has 1 aromatic rings.